The van der Waals surface area contributed by atoms with Gasteiger partial charge in [0.15, 0.2) is 5.82 Å². The average molecular weight is 449 g/mol. The van der Waals surface area contributed by atoms with Crippen molar-refractivity contribution in [1.82, 2.24) is 34.8 Å². The number of hydrogen-bond acceptors (Lipinski definition) is 6. The Morgan fingerprint density at radius 2 is 1.76 bits per heavy atom. The fourth-order valence-corrected chi connectivity index (χ4v) is 3.51. The highest BCUT2D eigenvalue weighted by molar-refractivity contribution is 5.93. The second-order valence-corrected chi connectivity index (χ2v) is 7.73. The summed E-state index contributed by atoms with van der Waals surface area (Å²) in [6.07, 6.45) is 0. The quantitative estimate of drug-likeness (QED) is 0.422. The van der Waals surface area contributed by atoms with Gasteiger partial charge in [-0.15, -0.1) is 0 Å². The van der Waals surface area contributed by atoms with Gasteiger partial charge in [0.05, 0.1) is 11.4 Å². The number of hydrogen-bond donors (Lipinski definition) is 2. The lowest BCUT2D eigenvalue weighted by Gasteiger charge is -2.10. The van der Waals surface area contributed by atoms with Crippen LogP contribution in [0.5, 0.6) is 0 Å². The number of carbonyl (C=O) groups excluding carboxylic acids is 1. The van der Waals surface area contributed by atoms with Crippen molar-refractivity contribution in [1.29, 1.82) is 0 Å². The molecule has 4 aromatic rings. The number of rotatable bonds is 7. The minimum Gasteiger partial charge on any atom is -0.368 e. The number of carbonyl (C=O) groups is 1. The van der Waals surface area contributed by atoms with Crippen molar-refractivity contribution >= 4 is 11.7 Å². The number of anilines is 1. The van der Waals surface area contributed by atoms with Crippen molar-refractivity contribution < 1.29 is 9.18 Å². The predicted molar refractivity (Wildman–Crippen MR) is 123 cm³/mol. The van der Waals surface area contributed by atoms with Gasteiger partial charge in [0, 0.05) is 37.5 Å². The Labute approximate surface area is 190 Å². The first-order valence-corrected chi connectivity index (χ1v) is 10.5. The van der Waals surface area contributed by atoms with Crippen LogP contribution in [-0.4, -0.2) is 48.5 Å². The molecule has 33 heavy (non-hydrogen) atoms. The molecule has 3 aromatic heterocycles. The molecule has 0 unspecified atom stereocenters. The normalized spacial score (nSPS) is 10.9. The molecule has 0 saturated heterocycles. The first-order chi connectivity index (χ1) is 15.8. The topological polar surface area (TPSA) is 103 Å². The summed E-state index contributed by atoms with van der Waals surface area (Å²) in [5.41, 5.74) is 3.66. The first-order valence-electron chi connectivity index (χ1n) is 10.5. The van der Waals surface area contributed by atoms with Crippen LogP contribution in [0.25, 0.3) is 17.1 Å². The Bertz CT molecular complexity index is 1290. The fraction of sp³-hybridized carbons (Fsp3) is 0.261. The summed E-state index contributed by atoms with van der Waals surface area (Å²) in [7, 11) is 1.70. The van der Waals surface area contributed by atoms with Gasteiger partial charge in [-0.2, -0.15) is 10.2 Å². The van der Waals surface area contributed by atoms with Gasteiger partial charge in [-0.05, 0) is 57.2 Å². The molecule has 1 aromatic carbocycles. The zero-order chi connectivity index (χ0) is 23.5. The molecule has 0 atom stereocenters. The Balaban J connectivity index is 1.36. The molecule has 0 aliphatic carbocycles. The summed E-state index contributed by atoms with van der Waals surface area (Å²) in [5.74, 6) is 1.39. The van der Waals surface area contributed by atoms with E-state index in [0.29, 0.717) is 41.9 Å². The van der Waals surface area contributed by atoms with Gasteiger partial charge in [0.2, 0.25) is 0 Å². The van der Waals surface area contributed by atoms with Gasteiger partial charge in [0.25, 0.3) is 5.91 Å². The van der Waals surface area contributed by atoms with Crippen LogP contribution in [-0.2, 0) is 7.05 Å². The van der Waals surface area contributed by atoms with Gasteiger partial charge in [-0.25, -0.2) is 19.0 Å². The van der Waals surface area contributed by atoms with Gasteiger partial charge >= 0.3 is 0 Å². The van der Waals surface area contributed by atoms with Crippen LogP contribution >= 0.6 is 0 Å². The molecule has 2 N–H and O–H groups in total. The number of aromatic nitrogens is 6. The largest absolute Gasteiger partial charge is 0.368 e. The molecule has 1 amide bonds. The molecule has 0 aliphatic rings. The fourth-order valence-electron chi connectivity index (χ4n) is 3.51. The zero-order valence-electron chi connectivity index (χ0n) is 18.9. The molecule has 3 heterocycles. The Hall–Kier alpha value is -4.08. The minimum atomic E-state index is -0.318. The van der Waals surface area contributed by atoms with Crippen molar-refractivity contribution in [3.05, 3.63) is 71.2 Å². The summed E-state index contributed by atoms with van der Waals surface area (Å²) < 4.78 is 16.4. The SMILES string of the molecule is Cc1cc(C)n(-c2cc(NCCNC(=O)c3cc(-c4ccc(F)cc4)nn3C)nc(C)n2)n1. The molecule has 4 rings (SSSR count). The van der Waals surface area contributed by atoms with Gasteiger partial charge in [-0.3, -0.25) is 9.48 Å². The van der Waals surface area contributed by atoms with Crippen molar-refractivity contribution in [2.75, 3.05) is 18.4 Å². The van der Waals surface area contributed by atoms with Crippen molar-refractivity contribution in [2.24, 2.45) is 7.05 Å². The highest BCUT2D eigenvalue weighted by atomic mass is 19.1. The van der Waals surface area contributed by atoms with E-state index in [0.717, 1.165) is 17.0 Å². The lowest BCUT2D eigenvalue weighted by atomic mass is 10.1. The number of amides is 1. The highest BCUT2D eigenvalue weighted by Crippen LogP contribution is 2.19. The molecular formula is C23H25FN8O. The van der Waals surface area contributed by atoms with E-state index in [2.05, 4.69) is 30.8 Å². The molecule has 0 radical (unpaired) electrons. The molecule has 0 fully saturated rings. The van der Waals surface area contributed by atoms with Gasteiger partial charge < -0.3 is 10.6 Å². The third kappa shape index (κ3) is 5.05. The summed E-state index contributed by atoms with van der Waals surface area (Å²) >= 11 is 0. The molecule has 0 spiro atoms. The van der Waals surface area contributed by atoms with E-state index in [4.69, 9.17) is 0 Å². The van der Waals surface area contributed by atoms with Crippen LogP contribution < -0.4 is 10.6 Å². The summed E-state index contributed by atoms with van der Waals surface area (Å²) in [5, 5.41) is 14.9. The maximum absolute atomic E-state index is 13.2. The number of halogens is 1. The van der Waals surface area contributed by atoms with E-state index in [1.165, 1.54) is 16.8 Å². The number of aryl methyl sites for hydroxylation is 4. The Morgan fingerprint density at radius 1 is 1.00 bits per heavy atom. The number of benzene rings is 1. The maximum atomic E-state index is 13.2. The van der Waals surface area contributed by atoms with Crippen LogP contribution in [0.1, 0.15) is 27.7 Å². The molecule has 0 aliphatic heterocycles. The van der Waals surface area contributed by atoms with Crippen molar-refractivity contribution in [2.45, 2.75) is 20.8 Å². The van der Waals surface area contributed by atoms with Gasteiger partial charge in [-0.1, -0.05) is 0 Å². The number of nitrogens with zero attached hydrogens (tertiary/aromatic N) is 6. The summed E-state index contributed by atoms with van der Waals surface area (Å²) in [6.45, 7) is 6.59. The third-order valence-electron chi connectivity index (χ3n) is 5.02. The van der Waals surface area contributed by atoms with Crippen LogP contribution in [0.3, 0.4) is 0 Å². The number of nitrogens with one attached hydrogen (secondary N) is 2. The predicted octanol–water partition coefficient (Wildman–Crippen LogP) is 2.97. The second kappa shape index (κ2) is 9.19. The van der Waals surface area contributed by atoms with E-state index in [-0.39, 0.29) is 11.7 Å². The standard InChI is InChI=1S/C23H25FN8O/c1-14-11-15(2)32(29-14)22-13-21(27-16(3)28-22)25-9-10-26-23(33)20-12-19(30-31(20)4)17-5-7-18(24)8-6-17/h5-8,11-13H,9-10H2,1-4H3,(H,26,33)(H,25,27,28). The average Bonchev–Trinajstić information content (AvgIpc) is 3.32. The van der Waals surface area contributed by atoms with E-state index in [1.54, 1.807) is 29.9 Å². The molecule has 170 valence electrons. The van der Waals surface area contributed by atoms with Crippen LogP contribution in [0.2, 0.25) is 0 Å². The first kappa shape index (κ1) is 22.1. The Morgan fingerprint density at radius 3 is 2.45 bits per heavy atom. The summed E-state index contributed by atoms with van der Waals surface area (Å²) in [6, 6.07) is 11.5. The van der Waals surface area contributed by atoms with Gasteiger partial charge in [0.1, 0.15) is 23.2 Å². The van der Waals surface area contributed by atoms with Crippen LogP contribution in [0.4, 0.5) is 10.2 Å². The van der Waals surface area contributed by atoms with E-state index in [9.17, 15) is 9.18 Å². The molecule has 0 bridgehead atoms. The monoisotopic (exact) mass is 448 g/mol. The van der Waals surface area contributed by atoms with E-state index in [1.807, 2.05) is 32.9 Å². The smallest absolute Gasteiger partial charge is 0.269 e. The molecule has 9 nitrogen and oxygen atoms in total. The highest BCUT2D eigenvalue weighted by Gasteiger charge is 2.14. The third-order valence-corrected chi connectivity index (χ3v) is 5.02. The molecular weight excluding hydrogens is 423 g/mol. The second-order valence-electron chi connectivity index (χ2n) is 7.73. The van der Waals surface area contributed by atoms with Crippen molar-refractivity contribution in [3.63, 3.8) is 0 Å². The lowest BCUT2D eigenvalue weighted by Crippen LogP contribution is -2.30. The van der Waals surface area contributed by atoms with Crippen LogP contribution in [0.15, 0.2) is 42.5 Å². The molecule has 10 heteroatoms. The Kier molecular flexibility index (Phi) is 6.16. The zero-order valence-corrected chi connectivity index (χ0v) is 18.9. The van der Waals surface area contributed by atoms with Crippen molar-refractivity contribution in [3.8, 4) is 17.1 Å². The maximum Gasteiger partial charge on any atom is 0.269 e. The van der Waals surface area contributed by atoms with Crippen LogP contribution in [0, 0.1) is 26.6 Å². The minimum absolute atomic E-state index is 0.248. The molecule has 0 saturated carbocycles. The lowest BCUT2D eigenvalue weighted by molar-refractivity contribution is 0.0945. The van der Waals surface area contributed by atoms with E-state index >= 15 is 0 Å². The van der Waals surface area contributed by atoms with E-state index < -0.39 is 0 Å². The summed E-state index contributed by atoms with van der Waals surface area (Å²) in [4.78, 5) is 21.5.